The maximum absolute atomic E-state index is 13.1. The van der Waals surface area contributed by atoms with Gasteiger partial charge in [0.25, 0.3) is 0 Å². The Labute approximate surface area is 231 Å². The highest BCUT2D eigenvalue weighted by Gasteiger charge is 2.22. The normalized spacial score (nSPS) is 13.1. The summed E-state index contributed by atoms with van der Waals surface area (Å²) in [6, 6.07) is 7.60. The van der Waals surface area contributed by atoms with Crippen LogP contribution in [0.2, 0.25) is 0 Å². The van der Waals surface area contributed by atoms with Crippen molar-refractivity contribution in [3.8, 4) is 0 Å². The highest BCUT2D eigenvalue weighted by atomic mass is 16.6. The van der Waals surface area contributed by atoms with Crippen molar-refractivity contribution in [2.45, 2.75) is 71.8 Å². The van der Waals surface area contributed by atoms with Crippen LogP contribution in [-0.2, 0) is 16.0 Å². The zero-order chi connectivity index (χ0) is 29.4. The predicted molar refractivity (Wildman–Crippen MR) is 149 cm³/mol. The molecule has 1 aromatic rings. The molecule has 3 unspecified atom stereocenters. The second-order valence-corrected chi connectivity index (χ2v) is 10.2. The first-order chi connectivity index (χ1) is 18.3. The van der Waals surface area contributed by atoms with Crippen LogP contribution in [0.4, 0.5) is 19.2 Å². The van der Waals surface area contributed by atoms with E-state index in [-0.39, 0.29) is 50.4 Å². The van der Waals surface area contributed by atoms with Crippen LogP contribution in [0.15, 0.2) is 43.0 Å². The molecule has 0 aliphatic heterocycles. The summed E-state index contributed by atoms with van der Waals surface area (Å²) in [5.74, 6) is 0. The molecule has 5 N–H and O–H groups in total. The highest BCUT2D eigenvalue weighted by Crippen LogP contribution is 2.09. The number of hydrogen-bond donors (Lipinski definition) is 5. The Balaban J connectivity index is 2.57. The van der Waals surface area contributed by atoms with Crippen LogP contribution in [0, 0.1) is 0 Å². The van der Waals surface area contributed by atoms with E-state index in [0.29, 0.717) is 6.54 Å². The Morgan fingerprint density at radius 1 is 0.897 bits per heavy atom. The minimum atomic E-state index is -0.614. The van der Waals surface area contributed by atoms with Crippen molar-refractivity contribution in [1.29, 1.82) is 0 Å². The molecule has 218 valence electrons. The number of benzene rings is 1. The first-order valence-corrected chi connectivity index (χ1v) is 12.9. The molecule has 0 fully saturated rings. The smallest absolute Gasteiger partial charge is 0.407 e. The van der Waals surface area contributed by atoms with Crippen LogP contribution >= 0.6 is 0 Å². The molecule has 39 heavy (non-hydrogen) atoms. The van der Waals surface area contributed by atoms with Crippen molar-refractivity contribution < 1.29 is 28.7 Å². The molecule has 0 radical (unpaired) electrons. The molecule has 0 spiro atoms. The van der Waals surface area contributed by atoms with Crippen LogP contribution in [0.1, 0.15) is 47.1 Å². The van der Waals surface area contributed by atoms with Gasteiger partial charge >= 0.3 is 24.2 Å². The number of nitrogens with one attached hydrogen (secondary N) is 5. The summed E-state index contributed by atoms with van der Waals surface area (Å²) >= 11 is 0. The molecule has 0 aliphatic rings. The summed E-state index contributed by atoms with van der Waals surface area (Å²) < 4.78 is 10.1. The topological polar surface area (TPSA) is 150 Å². The van der Waals surface area contributed by atoms with Gasteiger partial charge in [0.15, 0.2) is 0 Å². The van der Waals surface area contributed by atoms with Crippen LogP contribution < -0.4 is 26.6 Å². The van der Waals surface area contributed by atoms with Gasteiger partial charge in [-0.2, -0.15) is 0 Å². The number of carbonyl (C=O) groups excluding carboxylic acids is 4. The van der Waals surface area contributed by atoms with Gasteiger partial charge < -0.3 is 41.0 Å². The average Bonchev–Trinajstić information content (AvgIpc) is 2.86. The van der Waals surface area contributed by atoms with E-state index in [9.17, 15) is 19.2 Å². The van der Waals surface area contributed by atoms with E-state index in [0.717, 1.165) is 5.56 Å². The maximum atomic E-state index is 13.1. The molecule has 0 aromatic heterocycles. The highest BCUT2D eigenvalue weighted by molar-refractivity contribution is 5.76. The molecule has 0 aliphatic carbocycles. The number of alkyl carbamates (subject to hydrolysis) is 2. The summed E-state index contributed by atoms with van der Waals surface area (Å²) in [5, 5.41) is 13.6. The lowest BCUT2D eigenvalue weighted by Crippen LogP contribution is -2.53. The molecule has 0 saturated heterocycles. The van der Waals surface area contributed by atoms with Gasteiger partial charge in [0.05, 0.1) is 0 Å². The first kappa shape index (κ1) is 33.1. The van der Waals surface area contributed by atoms with E-state index in [1.54, 1.807) is 39.5 Å². The lowest BCUT2D eigenvalue weighted by Gasteiger charge is -2.30. The fourth-order valence-corrected chi connectivity index (χ4v) is 3.21. The van der Waals surface area contributed by atoms with E-state index in [4.69, 9.17) is 9.47 Å². The third-order valence-corrected chi connectivity index (χ3v) is 5.13. The van der Waals surface area contributed by atoms with Crippen LogP contribution in [0.25, 0.3) is 0 Å². The lowest BCUT2D eigenvalue weighted by molar-refractivity contribution is 0.0508. The zero-order valence-corrected chi connectivity index (χ0v) is 23.8. The number of nitrogens with zero attached hydrogens (tertiary/aromatic N) is 1. The Kier molecular flexibility index (Phi) is 14.2. The Hall–Kier alpha value is -3.96. The van der Waals surface area contributed by atoms with Crippen molar-refractivity contribution in [3.63, 3.8) is 0 Å². The lowest BCUT2D eigenvalue weighted by atomic mass is 10.2. The van der Waals surface area contributed by atoms with Crippen LogP contribution in [0.3, 0.4) is 0 Å². The second kappa shape index (κ2) is 16.8. The molecule has 1 aromatic carbocycles. The molecule has 12 heteroatoms. The van der Waals surface area contributed by atoms with Gasteiger partial charge in [0.1, 0.15) is 12.2 Å². The summed E-state index contributed by atoms with van der Waals surface area (Å²) in [5.41, 5.74) is 0.310. The number of hydrogen-bond acceptors (Lipinski definition) is 6. The van der Waals surface area contributed by atoms with Crippen molar-refractivity contribution in [2.24, 2.45) is 0 Å². The Bertz CT molecular complexity index is 936. The molecular formula is C27H44N6O6. The van der Waals surface area contributed by atoms with E-state index < -0.39 is 23.8 Å². The van der Waals surface area contributed by atoms with Crippen LogP contribution in [0.5, 0.6) is 0 Å². The van der Waals surface area contributed by atoms with Gasteiger partial charge in [0.2, 0.25) is 0 Å². The molecule has 0 bridgehead atoms. The number of rotatable bonds is 13. The summed E-state index contributed by atoms with van der Waals surface area (Å²) in [6.45, 7) is 15.1. The molecule has 0 saturated carbocycles. The van der Waals surface area contributed by atoms with E-state index in [1.807, 2.05) is 37.3 Å². The summed E-state index contributed by atoms with van der Waals surface area (Å²) in [6.07, 6.45) is 0.308. The van der Waals surface area contributed by atoms with Gasteiger partial charge in [-0.05, 0) is 47.1 Å². The second-order valence-electron chi connectivity index (χ2n) is 10.2. The van der Waals surface area contributed by atoms with Crippen molar-refractivity contribution in [2.75, 3.05) is 26.2 Å². The van der Waals surface area contributed by atoms with Gasteiger partial charge in [-0.25, -0.2) is 19.2 Å². The van der Waals surface area contributed by atoms with Gasteiger partial charge in [-0.15, -0.1) is 0 Å². The van der Waals surface area contributed by atoms with E-state index >= 15 is 0 Å². The number of ether oxygens (including phenoxy) is 2. The van der Waals surface area contributed by atoms with Gasteiger partial charge in [0, 0.05) is 44.3 Å². The summed E-state index contributed by atoms with van der Waals surface area (Å²) in [4.78, 5) is 50.6. The number of urea groups is 2. The molecule has 1 rings (SSSR count). The largest absolute Gasteiger partial charge is 0.445 e. The van der Waals surface area contributed by atoms with Gasteiger partial charge in [-0.1, -0.05) is 43.0 Å². The van der Waals surface area contributed by atoms with Crippen molar-refractivity contribution >= 4 is 24.2 Å². The number of carbonyl (C=O) groups is 4. The molecule has 3 atom stereocenters. The first-order valence-electron chi connectivity index (χ1n) is 12.9. The average molecular weight is 549 g/mol. The fourth-order valence-electron chi connectivity index (χ4n) is 3.21. The van der Waals surface area contributed by atoms with Crippen molar-refractivity contribution in [1.82, 2.24) is 31.5 Å². The SMILES string of the molecule is C=CCOC(=O)NCC(C)N(Cc1ccccc1)C(=O)NCC(C)NC(=O)NCC(C)NC(=O)OC(C)(C)C. The molecule has 12 nitrogen and oxygen atoms in total. The molecule has 0 heterocycles. The van der Waals surface area contributed by atoms with Crippen LogP contribution in [-0.4, -0.2) is 79.1 Å². The maximum Gasteiger partial charge on any atom is 0.407 e. The standard InChI is InChI=1S/C27H44N6O6/c1-8-14-38-25(36)30-17-21(4)33(18-22-12-10-9-11-13-22)24(35)29-16-19(2)31-23(34)28-15-20(3)32-26(37)39-27(5,6)7/h8-13,19-21H,1,14-18H2,2-7H3,(H,29,35)(H,30,36)(H,32,37)(H2,28,31,34). The van der Waals surface area contributed by atoms with Gasteiger partial charge in [-0.3, -0.25) is 0 Å². The summed E-state index contributed by atoms with van der Waals surface area (Å²) in [7, 11) is 0. The molecular weight excluding hydrogens is 504 g/mol. The molecule has 6 amide bonds. The monoisotopic (exact) mass is 548 g/mol. The Morgan fingerprint density at radius 2 is 1.51 bits per heavy atom. The van der Waals surface area contributed by atoms with E-state index in [1.165, 1.54) is 6.08 Å². The third-order valence-electron chi connectivity index (χ3n) is 5.13. The Morgan fingerprint density at radius 3 is 2.13 bits per heavy atom. The quantitative estimate of drug-likeness (QED) is 0.239. The fraction of sp³-hybridized carbons (Fsp3) is 0.556. The minimum Gasteiger partial charge on any atom is -0.445 e. The third kappa shape index (κ3) is 15.1. The predicted octanol–water partition coefficient (Wildman–Crippen LogP) is 3.10. The number of amides is 6. The zero-order valence-electron chi connectivity index (χ0n) is 23.8. The van der Waals surface area contributed by atoms with Crippen molar-refractivity contribution in [3.05, 3.63) is 48.6 Å². The minimum absolute atomic E-state index is 0.0893. The van der Waals surface area contributed by atoms with E-state index in [2.05, 4.69) is 33.2 Å².